The van der Waals surface area contributed by atoms with Crippen molar-refractivity contribution in [1.82, 2.24) is 0 Å². The highest BCUT2D eigenvalue weighted by atomic mass is 19.4. The van der Waals surface area contributed by atoms with Crippen LogP contribution in [0.25, 0.3) is 0 Å². The van der Waals surface area contributed by atoms with Gasteiger partial charge in [-0.3, -0.25) is 4.79 Å². The first kappa shape index (κ1) is 21.6. The van der Waals surface area contributed by atoms with Gasteiger partial charge >= 0.3 is 12.4 Å². The molecule has 0 aliphatic carbocycles. The molecule has 4 nitrogen and oxygen atoms in total. The first-order valence-corrected chi connectivity index (χ1v) is 9.44. The van der Waals surface area contributed by atoms with Crippen molar-refractivity contribution in [2.75, 3.05) is 5.32 Å². The number of amides is 1. The summed E-state index contributed by atoms with van der Waals surface area (Å²) in [4.78, 5) is 13.0. The Hall–Kier alpha value is -2.59. The molecule has 5 unspecified atom stereocenters. The number of nitrogens with one attached hydrogen (secondary N) is 1. The van der Waals surface area contributed by atoms with E-state index in [9.17, 15) is 36.2 Å². The predicted octanol–water partition coefficient (Wildman–Crippen LogP) is 4.59. The molecule has 2 aliphatic rings. The molecule has 0 spiro atoms. The van der Waals surface area contributed by atoms with Crippen molar-refractivity contribution >= 4 is 11.6 Å². The SMILES string of the molecule is O=C(Nc1cccc(C(F)(F)F)c1)C1C2CC(O)C(O2)C1c1cccc(C(F)(F)F)c1. The largest absolute Gasteiger partial charge is 0.416 e. The number of anilines is 1. The van der Waals surface area contributed by atoms with Crippen molar-refractivity contribution in [2.24, 2.45) is 5.92 Å². The Morgan fingerprint density at radius 2 is 1.58 bits per heavy atom. The fraction of sp³-hybridized carbons (Fsp3) is 0.381. The highest BCUT2D eigenvalue weighted by Gasteiger charge is 2.57. The van der Waals surface area contributed by atoms with E-state index in [4.69, 9.17) is 4.74 Å². The number of benzene rings is 2. The van der Waals surface area contributed by atoms with Gasteiger partial charge in [0.05, 0.1) is 35.4 Å². The summed E-state index contributed by atoms with van der Waals surface area (Å²) in [6, 6.07) is 8.49. The molecule has 166 valence electrons. The second kappa shape index (κ2) is 7.52. The van der Waals surface area contributed by atoms with E-state index in [1.165, 1.54) is 18.2 Å². The van der Waals surface area contributed by atoms with Crippen molar-refractivity contribution in [3.63, 3.8) is 0 Å². The minimum absolute atomic E-state index is 0.0917. The Labute approximate surface area is 172 Å². The molecule has 2 aromatic carbocycles. The van der Waals surface area contributed by atoms with Crippen LogP contribution in [0.3, 0.4) is 0 Å². The Balaban J connectivity index is 1.63. The fourth-order valence-electron chi connectivity index (χ4n) is 4.36. The van der Waals surface area contributed by atoms with E-state index < -0.39 is 59.5 Å². The third-order valence-corrected chi connectivity index (χ3v) is 5.69. The number of hydrogen-bond donors (Lipinski definition) is 2. The predicted molar refractivity (Wildman–Crippen MR) is 97.0 cm³/mol. The molecule has 0 saturated carbocycles. The summed E-state index contributed by atoms with van der Waals surface area (Å²) >= 11 is 0. The number of ether oxygens (including phenoxy) is 1. The summed E-state index contributed by atoms with van der Waals surface area (Å²) in [6.07, 6.45) is -11.7. The molecule has 2 aliphatic heterocycles. The quantitative estimate of drug-likeness (QED) is 0.680. The molecule has 5 atom stereocenters. The zero-order valence-electron chi connectivity index (χ0n) is 15.7. The standard InChI is InChI=1S/C21H17F6NO3/c22-20(23,24)11-4-1-3-10(7-11)16-17(15-9-14(29)18(16)31-15)19(30)28-13-6-2-5-12(8-13)21(25,26)27/h1-8,14-18,29H,9H2,(H,28,30). The van der Waals surface area contributed by atoms with Crippen molar-refractivity contribution < 1.29 is 41.0 Å². The van der Waals surface area contributed by atoms with Gasteiger partial charge in [-0.15, -0.1) is 0 Å². The van der Waals surface area contributed by atoms with Crippen LogP contribution >= 0.6 is 0 Å². The number of aliphatic hydroxyl groups is 1. The average Bonchev–Trinajstić information content (AvgIpc) is 3.24. The highest BCUT2D eigenvalue weighted by Crippen LogP contribution is 2.50. The molecule has 1 amide bonds. The van der Waals surface area contributed by atoms with E-state index >= 15 is 0 Å². The van der Waals surface area contributed by atoms with Gasteiger partial charge in [-0.2, -0.15) is 26.3 Å². The number of fused-ring (bicyclic) bond motifs is 2. The lowest BCUT2D eigenvalue weighted by atomic mass is 9.73. The van der Waals surface area contributed by atoms with Gasteiger partial charge in [0.1, 0.15) is 0 Å². The van der Waals surface area contributed by atoms with Gasteiger partial charge in [0.2, 0.25) is 5.91 Å². The third kappa shape index (κ3) is 4.14. The number of carbonyl (C=O) groups excluding carboxylic acids is 1. The monoisotopic (exact) mass is 445 g/mol. The minimum Gasteiger partial charge on any atom is -0.390 e. The van der Waals surface area contributed by atoms with Gasteiger partial charge in [-0.1, -0.05) is 24.3 Å². The molecular formula is C21H17F6NO3. The summed E-state index contributed by atoms with van der Waals surface area (Å²) in [6.45, 7) is 0. The van der Waals surface area contributed by atoms with Crippen LogP contribution in [0.4, 0.5) is 32.0 Å². The van der Waals surface area contributed by atoms with Gasteiger partial charge < -0.3 is 15.2 Å². The van der Waals surface area contributed by atoms with Crippen LogP contribution in [0.5, 0.6) is 0 Å². The van der Waals surface area contributed by atoms with Crippen molar-refractivity contribution in [3.05, 3.63) is 65.2 Å². The summed E-state index contributed by atoms with van der Waals surface area (Å²) in [7, 11) is 0. The topological polar surface area (TPSA) is 58.6 Å². The smallest absolute Gasteiger partial charge is 0.390 e. The van der Waals surface area contributed by atoms with E-state index in [1.54, 1.807) is 0 Å². The highest BCUT2D eigenvalue weighted by molar-refractivity contribution is 5.94. The first-order chi connectivity index (χ1) is 14.4. The Kier molecular flexibility index (Phi) is 5.25. The van der Waals surface area contributed by atoms with E-state index in [-0.39, 0.29) is 17.7 Å². The lowest BCUT2D eigenvalue weighted by Crippen LogP contribution is -2.41. The zero-order valence-corrected chi connectivity index (χ0v) is 15.7. The van der Waals surface area contributed by atoms with E-state index in [0.717, 1.165) is 30.3 Å². The van der Waals surface area contributed by atoms with Gasteiger partial charge in [-0.05, 0) is 29.8 Å². The maximum Gasteiger partial charge on any atom is 0.416 e. The van der Waals surface area contributed by atoms with E-state index in [1.807, 2.05) is 0 Å². The van der Waals surface area contributed by atoms with Crippen molar-refractivity contribution in [3.8, 4) is 0 Å². The molecule has 2 fully saturated rings. The fourth-order valence-corrected chi connectivity index (χ4v) is 4.36. The van der Waals surface area contributed by atoms with Gasteiger partial charge in [-0.25, -0.2) is 0 Å². The molecule has 2 saturated heterocycles. The molecule has 0 radical (unpaired) electrons. The van der Waals surface area contributed by atoms with Crippen LogP contribution in [-0.4, -0.2) is 29.3 Å². The van der Waals surface area contributed by atoms with Crippen LogP contribution in [0, 0.1) is 5.92 Å². The normalized spacial score (nSPS) is 28.0. The van der Waals surface area contributed by atoms with Crippen LogP contribution in [0.1, 0.15) is 29.0 Å². The summed E-state index contributed by atoms with van der Waals surface area (Å²) < 4.78 is 83.9. The molecule has 31 heavy (non-hydrogen) atoms. The van der Waals surface area contributed by atoms with Gasteiger partial charge in [0.15, 0.2) is 0 Å². The van der Waals surface area contributed by atoms with Gasteiger partial charge in [0, 0.05) is 18.0 Å². The molecular weight excluding hydrogens is 428 g/mol. The summed E-state index contributed by atoms with van der Waals surface area (Å²) in [5.74, 6) is -2.52. The zero-order chi connectivity index (χ0) is 22.6. The number of hydrogen-bond acceptors (Lipinski definition) is 3. The summed E-state index contributed by atoms with van der Waals surface area (Å²) in [5, 5.41) is 12.6. The first-order valence-electron chi connectivity index (χ1n) is 9.44. The van der Waals surface area contributed by atoms with Gasteiger partial charge in [0.25, 0.3) is 0 Å². The number of alkyl halides is 6. The molecule has 4 rings (SSSR count). The number of halogens is 6. The molecule has 10 heteroatoms. The Morgan fingerprint density at radius 1 is 0.968 bits per heavy atom. The molecule has 0 aromatic heterocycles. The lowest BCUT2D eigenvalue weighted by molar-refractivity contribution is -0.138. The van der Waals surface area contributed by atoms with Crippen molar-refractivity contribution in [1.29, 1.82) is 0 Å². The average molecular weight is 445 g/mol. The Morgan fingerprint density at radius 3 is 2.23 bits per heavy atom. The maximum absolute atomic E-state index is 13.1. The minimum atomic E-state index is -4.60. The van der Waals surface area contributed by atoms with E-state index in [0.29, 0.717) is 0 Å². The maximum atomic E-state index is 13.1. The molecule has 2 heterocycles. The lowest BCUT2D eigenvalue weighted by Gasteiger charge is -2.30. The summed E-state index contributed by atoms with van der Waals surface area (Å²) in [5.41, 5.74) is -1.77. The van der Waals surface area contributed by atoms with Crippen LogP contribution in [0.2, 0.25) is 0 Å². The van der Waals surface area contributed by atoms with Crippen LogP contribution in [-0.2, 0) is 21.9 Å². The van der Waals surface area contributed by atoms with Crippen LogP contribution < -0.4 is 5.32 Å². The van der Waals surface area contributed by atoms with Crippen molar-refractivity contribution in [2.45, 2.75) is 43.0 Å². The molecule has 2 bridgehead atoms. The Bertz CT molecular complexity index is 990. The molecule has 2 aromatic rings. The van der Waals surface area contributed by atoms with Crippen LogP contribution in [0.15, 0.2) is 48.5 Å². The second-order valence-corrected chi connectivity index (χ2v) is 7.68. The second-order valence-electron chi connectivity index (χ2n) is 7.68. The van der Waals surface area contributed by atoms with E-state index in [2.05, 4.69) is 5.32 Å². The number of aliphatic hydroxyl groups excluding tert-OH is 1. The third-order valence-electron chi connectivity index (χ3n) is 5.69. The molecule has 2 N–H and O–H groups in total. The number of carbonyl (C=O) groups is 1. The number of rotatable bonds is 3.